The predicted molar refractivity (Wildman–Crippen MR) is 120 cm³/mol. The largest absolute Gasteiger partial charge is 0.323 e. The lowest BCUT2D eigenvalue weighted by atomic mass is 9.89. The maximum absolute atomic E-state index is 12.9. The Kier molecular flexibility index (Phi) is 4.88. The van der Waals surface area contributed by atoms with Crippen molar-refractivity contribution in [1.82, 2.24) is 9.97 Å². The molecule has 2 aromatic heterocycles. The van der Waals surface area contributed by atoms with E-state index in [1.165, 1.54) is 32.9 Å². The monoisotopic (exact) mass is 406 g/mol. The van der Waals surface area contributed by atoms with Gasteiger partial charge in [-0.15, -0.1) is 11.3 Å². The van der Waals surface area contributed by atoms with Crippen molar-refractivity contribution in [3.8, 4) is 0 Å². The topological polar surface area (TPSA) is 50.2 Å². The van der Waals surface area contributed by atoms with Gasteiger partial charge in [0.1, 0.15) is 10.9 Å². The lowest BCUT2D eigenvalue weighted by Crippen LogP contribution is -3.12. The Bertz CT molecular complexity index is 1130. The Morgan fingerprint density at radius 2 is 2.07 bits per heavy atom. The van der Waals surface area contributed by atoms with Crippen LogP contribution >= 0.6 is 11.3 Å². The van der Waals surface area contributed by atoms with Gasteiger partial charge in [0.25, 0.3) is 5.56 Å². The number of quaternary nitrogens is 1. The van der Waals surface area contributed by atoms with Crippen LogP contribution in [0.4, 0.5) is 0 Å². The molecule has 0 spiro atoms. The van der Waals surface area contributed by atoms with Gasteiger partial charge in [-0.2, -0.15) is 0 Å². The lowest BCUT2D eigenvalue weighted by molar-refractivity contribution is -0.925. The fourth-order valence-corrected chi connectivity index (χ4v) is 6.22. The van der Waals surface area contributed by atoms with Gasteiger partial charge < -0.3 is 9.88 Å². The molecule has 0 bridgehead atoms. The molecule has 0 radical (unpaired) electrons. The van der Waals surface area contributed by atoms with E-state index in [-0.39, 0.29) is 11.6 Å². The Hall–Kier alpha value is -2.24. The van der Waals surface area contributed by atoms with Crippen molar-refractivity contribution in [1.29, 1.82) is 0 Å². The highest BCUT2D eigenvalue weighted by Crippen LogP contribution is 2.35. The third-order valence-corrected chi connectivity index (χ3v) is 7.83. The van der Waals surface area contributed by atoms with Crippen LogP contribution in [0.3, 0.4) is 0 Å². The maximum Gasteiger partial charge on any atom is 0.260 e. The van der Waals surface area contributed by atoms with Crippen LogP contribution < -0.4 is 10.5 Å². The number of aryl methyl sites for hydroxylation is 1. The second-order valence-electron chi connectivity index (χ2n) is 8.66. The van der Waals surface area contributed by atoms with Crippen LogP contribution in [0, 0.1) is 5.92 Å². The Balaban J connectivity index is 1.41. The minimum Gasteiger partial charge on any atom is -0.323 e. The van der Waals surface area contributed by atoms with Gasteiger partial charge in [0.15, 0.2) is 5.82 Å². The fraction of sp³-hybridized carbons (Fsp3) is 0.417. The van der Waals surface area contributed by atoms with E-state index in [4.69, 9.17) is 4.98 Å². The summed E-state index contributed by atoms with van der Waals surface area (Å²) in [6.45, 7) is 6.51. The second kappa shape index (κ2) is 7.54. The minimum atomic E-state index is 0.0563. The average Bonchev–Trinajstić information content (AvgIpc) is 3.11. The fourth-order valence-electron chi connectivity index (χ4n) is 4.83. The number of thiophene rings is 1. The van der Waals surface area contributed by atoms with Gasteiger partial charge in [-0.3, -0.25) is 4.79 Å². The van der Waals surface area contributed by atoms with Gasteiger partial charge in [0.05, 0.1) is 18.5 Å². The SMILES string of the molecule is C[C@H]1CCc2c(sc3nc([C@@H](C)[NH+]4CC=C(c5ccccc5)CC4)[nH]c(=O)c23)C1. The molecule has 0 saturated heterocycles. The summed E-state index contributed by atoms with van der Waals surface area (Å²) in [5.41, 5.74) is 4.07. The number of hydrogen-bond donors (Lipinski definition) is 2. The van der Waals surface area contributed by atoms with Crippen LogP contribution in [0.1, 0.15) is 54.6 Å². The molecule has 0 saturated carbocycles. The molecule has 5 heteroatoms. The van der Waals surface area contributed by atoms with Crippen LogP contribution in [0.5, 0.6) is 0 Å². The van der Waals surface area contributed by atoms with Crippen molar-refractivity contribution in [3.63, 3.8) is 0 Å². The lowest BCUT2D eigenvalue weighted by Gasteiger charge is -2.28. The van der Waals surface area contributed by atoms with E-state index in [1.54, 1.807) is 11.3 Å². The van der Waals surface area contributed by atoms with Crippen LogP contribution in [-0.4, -0.2) is 23.1 Å². The zero-order chi connectivity index (χ0) is 20.0. The molecule has 2 N–H and O–H groups in total. The molecule has 1 aromatic carbocycles. The van der Waals surface area contributed by atoms with E-state index in [9.17, 15) is 4.79 Å². The molecule has 29 heavy (non-hydrogen) atoms. The molecule has 2 aliphatic rings. The Morgan fingerprint density at radius 1 is 1.24 bits per heavy atom. The predicted octanol–water partition coefficient (Wildman–Crippen LogP) is 3.54. The molecule has 1 aliphatic heterocycles. The summed E-state index contributed by atoms with van der Waals surface area (Å²) in [6.07, 6.45) is 6.68. The maximum atomic E-state index is 12.9. The number of benzene rings is 1. The van der Waals surface area contributed by atoms with Gasteiger partial charge in [0.2, 0.25) is 0 Å². The highest BCUT2D eigenvalue weighted by Gasteiger charge is 2.27. The third-order valence-electron chi connectivity index (χ3n) is 6.68. The van der Waals surface area contributed by atoms with E-state index in [2.05, 4.69) is 55.2 Å². The molecule has 3 heterocycles. The van der Waals surface area contributed by atoms with Gasteiger partial charge in [-0.25, -0.2) is 4.98 Å². The van der Waals surface area contributed by atoms with Gasteiger partial charge in [-0.05, 0) is 54.9 Å². The summed E-state index contributed by atoms with van der Waals surface area (Å²) in [7, 11) is 0. The Labute approximate surface area is 175 Å². The van der Waals surface area contributed by atoms with Crippen molar-refractivity contribution in [2.24, 2.45) is 5.92 Å². The zero-order valence-corrected chi connectivity index (χ0v) is 17.9. The van der Waals surface area contributed by atoms with Gasteiger partial charge in [-0.1, -0.05) is 37.3 Å². The van der Waals surface area contributed by atoms with Crippen LogP contribution in [0.2, 0.25) is 0 Å². The summed E-state index contributed by atoms with van der Waals surface area (Å²) in [5.74, 6) is 1.54. The van der Waals surface area contributed by atoms with Gasteiger partial charge in [0, 0.05) is 11.3 Å². The van der Waals surface area contributed by atoms with E-state index < -0.39 is 0 Å². The first kappa shape index (κ1) is 18.8. The van der Waals surface area contributed by atoms with Crippen LogP contribution in [-0.2, 0) is 12.8 Å². The summed E-state index contributed by atoms with van der Waals surface area (Å²) in [4.78, 5) is 24.8. The standard InChI is InChI=1S/C24H27N3OS/c1-15-8-9-19-20(14-15)29-24-21(19)23(28)25-22(26-24)16(2)27-12-10-18(11-13-27)17-6-4-3-5-7-17/h3-7,10,15-16H,8-9,11-14H2,1-2H3,(H,25,26,28)/p+1/t15-,16+/m0/s1. The van der Waals surface area contributed by atoms with Crippen LogP contribution in [0.15, 0.2) is 41.2 Å². The average molecular weight is 407 g/mol. The molecule has 0 fully saturated rings. The van der Waals surface area contributed by atoms with E-state index >= 15 is 0 Å². The number of hydrogen-bond acceptors (Lipinski definition) is 3. The first-order chi connectivity index (χ1) is 14.1. The molecule has 150 valence electrons. The normalized spacial score (nSPS) is 22.9. The molecule has 1 aliphatic carbocycles. The molecule has 3 atom stereocenters. The summed E-state index contributed by atoms with van der Waals surface area (Å²) in [5, 5.41) is 0.854. The molecule has 0 amide bonds. The van der Waals surface area contributed by atoms with E-state index in [0.717, 1.165) is 48.4 Å². The van der Waals surface area contributed by atoms with Crippen molar-refractivity contribution in [2.75, 3.05) is 13.1 Å². The number of aromatic nitrogens is 2. The number of nitrogens with one attached hydrogen (secondary N) is 2. The number of rotatable bonds is 3. The number of fused-ring (bicyclic) bond motifs is 3. The first-order valence-electron chi connectivity index (χ1n) is 10.7. The summed E-state index contributed by atoms with van der Waals surface area (Å²) >= 11 is 1.74. The summed E-state index contributed by atoms with van der Waals surface area (Å²) < 4.78 is 0. The van der Waals surface area contributed by atoms with Crippen molar-refractivity contribution in [3.05, 3.63) is 68.6 Å². The molecule has 4 nitrogen and oxygen atoms in total. The van der Waals surface area contributed by atoms with E-state index in [0.29, 0.717) is 5.92 Å². The minimum absolute atomic E-state index is 0.0563. The van der Waals surface area contributed by atoms with Crippen LogP contribution in [0.25, 0.3) is 15.8 Å². The Morgan fingerprint density at radius 3 is 2.83 bits per heavy atom. The molecule has 3 aromatic rings. The third kappa shape index (κ3) is 3.47. The molecular weight excluding hydrogens is 378 g/mol. The quantitative estimate of drug-likeness (QED) is 0.699. The number of nitrogens with zero attached hydrogens (tertiary/aromatic N) is 1. The first-order valence-corrected chi connectivity index (χ1v) is 11.6. The summed E-state index contributed by atoms with van der Waals surface area (Å²) in [6, 6.07) is 10.8. The highest BCUT2D eigenvalue weighted by molar-refractivity contribution is 7.18. The molecular formula is C24H28N3OS+. The molecule has 5 rings (SSSR count). The van der Waals surface area contributed by atoms with Gasteiger partial charge >= 0.3 is 0 Å². The number of H-pyrrole nitrogens is 1. The molecule has 1 unspecified atom stereocenters. The van der Waals surface area contributed by atoms with Crippen molar-refractivity contribution in [2.45, 2.75) is 45.6 Å². The second-order valence-corrected chi connectivity index (χ2v) is 9.75. The highest BCUT2D eigenvalue weighted by atomic mass is 32.1. The zero-order valence-electron chi connectivity index (χ0n) is 17.1. The van der Waals surface area contributed by atoms with Crippen molar-refractivity contribution >= 4 is 27.1 Å². The number of aromatic amines is 1. The van der Waals surface area contributed by atoms with E-state index in [1.807, 2.05) is 0 Å². The smallest absolute Gasteiger partial charge is 0.260 e. The van der Waals surface area contributed by atoms with Crippen molar-refractivity contribution < 1.29 is 4.90 Å².